The fourth-order valence-electron chi connectivity index (χ4n) is 2.60. The summed E-state index contributed by atoms with van der Waals surface area (Å²) in [5, 5.41) is 13.3. The van der Waals surface area contributed by atoms with Gasteiger partial charge in [0, 0.05) is 11.6 Å². The summed E-state index contributed by atoms with van der Waals surface area (Å²) >= 11 is 0. The van der Waals surface area contributed by atoms with E-state index in [0.29, 0.717) is 17.4 Å². The van der Waals surface area contributed by atoms with Crippen molar-refractivity contribution in [2.24, 2.45) is 0 Å². The SMILES string of the molecule is CCC[C@@H](Nc1ccc2nnc(C(F)(F)F)n2n1)c1ccc(F)cc1F. The number of hydrogen-bond acceptors (Lipinski definition) is 4. The van der Waals surface area contributed by atoms with E-state index in [-0.39, 0.29) is 17.0 Å². The number of hydrogen-bond donors (Lipinski definition) is 1. The van der Waals surface area contributed by atoms with E-state index in [0.717, 1.165) is 12.1 Å². The fraction of sp³-hybridized carbons (Fsp3) is 0.312. The molecule has 0 spiro atoms. The van der Waals surface area contributed by atoms with Gasteiger partial charge in [-0.1, -0.05) is 19.4 Å². The number of halogens is 5. The highest BCUT2D eigenvalue weighted by Gasteiger charge is 2.37. The Kier molecular flexibility index (Phi) is 4.75. The van der Waals surface area contributed by atoms with E-state index in [9.17, 15) is 22.0 Å². The van der Waals surface area contributed by atoms with Gasteiger partial charge in [0.05, 0.1) is 6.04 Å². The van der Waals surface area contributed by atoms with E-state index >= 15 is 0 Å². The highest BCUT2D eigenvalue weighted by Crippen LogP contribution is 2.29. The average molecular weight is 371 g/mol. The van der Waals surface area contributed by atoms with Gasteiger partial charge in [0.25, 0.3) is 5.82 Å². The molecule has 1 atom stereocenters. The molecule has 0 saturated carbocycles. The first kappa shape index (κ1) is 18.0. The predicted molar refractivity (Wildman–Crippen MR) is 83.4 cm³/mol. The summed E-state index contributed by atoms with van der Waals surface area (Å²) in [7, 11) is 0. The van der Waals surface area contributed by atoms with Gasteiger partial charge >= 0.3 is 6.18 Å². The normalized spacial score (nSPS) is 13.2. The van der Waals surface area contributed by atoms with Gasteiger partial charge in [-0.2, -0.15) is 17.7 Å². The van der Waals surface area contributed by atoms with Crippen molar-refractivity contribution in [3.63, 3.8) is 0 Å². The van der Waals surface area contributed by atoms with Crippen LogP contribution in [0.1, 0.15) is 37.2 Å². The minimum atomic E-state index is -4.71. The van der Waals surface area contributed by atoms with Crippen molar-refractivity contribution in [1.82, 2.24) is 19.8 Å². The molecule has 3 aromatic rings. The average Bonchev–Trinajstić information content (AvgIpc) is 2.98. The van der Waals surface area contributed by atoms with Crippen LogP contribution in [0, 0.1) is 11.6 Å². The van der Waals surface area contributed by atoms with Crippen LogP contribution >= 0.6 is 0 Å². The topological polar surface area (TPSA) is 55.1 Å². The van der Waals surface area contributed by atoms with Crippen LogP contribution in [0.15, 0.2) is 30.3 Å². The molecule has 2 aromatic heterocycles. The lowest BCUT2D eigenvalue weighted by Gasteiger charge is -2.20. The lowest BCUT2D eigenvalue weighted by atomic mass is 10.0. The number of fused-ring (bicyclic) bond motifs is 1. The number of rotatable bonds is 5. The van der Waals surface area contributed by atoms with Gasteiger partial charge in [-0.15, -0.1) is 15.3 Å². The highest BCUT2D eigenvalue weighted by atomic mass is 19.4. The second-order valence-corrected chi connectivity index (χ2v) is 5.66. The van der Waals surface area contributed by atoms with Gasteiger partial charge in [0.2, 0.25) is 0 Å². The molecule has 138 valence electrons. The third kappa shape index (κ3) is 3.58. The molecule has 26 heavy (non-hydrogen) atoms. The molecule has 5 nitrogen and oxygen atoms in total. The number of alkyl halides is 3. The molecule has 3 rings (SSSR count). The second kappa shape index (κ2) is 6.85. The maximum absolute atomic E-state index is 14.1. The molecule has 0 fully saturated rings. The van der Waals surface area contributed by atoms with Gasteiger partial charge in [0.1, 0.15) is 17.5 Å². The Labute approximate surface area is 144 Å². The summed E-state index contributed by atoms with van der Waals surface area (Å²) in [6, 6.07) is 5.35. The molecule has 0 amide bonds. The van der Waals surface area contributed by atoms with Crippen LogP contribution in [0.3, 0.4) is 0 Å². The molecule has 0 aliphatic heterocycles. The molecule has 10 heteroatoms. The third-order valence-corrected chi connectivity index (χ3v) is 3.75. The number of nitrogens with one attached hydrogen (secondary N) is 1. The predicted octanol–water partition coefficient (Wildman–Crippen LogP) is 4.37. The van der Waals surface area contributed by atoms with E-state index in [4.69, 9.17) is 0 Å². The van der Waals surface area contributed by atoms with E-state index < -0.39 is 29.7 Å². The Morgan fingerprint density at radius 2 is 1.88 bits per heavy atom. The molecule has 0 aliphatic carbocycles. The lowest BCUT2D eigenvalue weighted by Crippen LogP contribution is -2.16. The van der Waals surface area contributed by atoms with Crippen molar-refractivity contribution in [2.45, 2.75) is 32.0 Å². The van der Waals surface area contributed by atoms with Gasteiger partial charge < -0.3 is 5.32 Å². The van der Waals surface area contributed by atoms with Gasteiger partial charge in [-0.25, -0.2) is 8.78 Å². The van der Waals surface area contributed by atoms with Crippen LogP contribution in [0.5, 0.6) is 0 Å². The Bertz CT molecular complexity index is 921. The largest absolute Gasteiger partial charge is 0.453 e. The number of benzene rings is 1. The first-order valence-electron chi connectivity index (χ1n) is 7.80. The molecule has 1 N–H and O–H groups in total. The smallest absolute Gasteiger partial charge is 0.362 e. The Hall–Kier alpha value is -2.78. The van der Waals surface area contributed by atoms with Crippen molar-refractivity contribution in [2.75, 3.05) is 5.32 Å². The molecule has 1 aromatic carbocycles. The van der Waals surface area contributed by atoms with Gasteiger partial charge in [0.15, 0.2) is 5.65 Å². The molecular formula is C16H14F5N5. The minimum absolute atomic E-state index is 0.0668. The molecule has 0 unspecified atom stereocenters. The summed E-state index contributed by atoms with van der Waals surface area (Å²) in [4.78, 5) is 0. The van der Waals surface area contributed by atoms with Crippen LogP contribution in [-0.2, 0) is 6.18 Å². The highest BCUT2D eigenvalue weighted by molar-refractivity contribution is 5.45. The number of aromatic nitrogens is 4. The quantitative estimate of drug-likeness (QED) is 0.677. The van der Waals surface area contributed by atoms with E-state index in [2.05, 4.69) is 20.6 Å². The van der Waals surface area contributed by atoms with E-state index in [1.54, 1.807) is 0 Å². The van der Waals surface area contributed by atoms with Crippen LogP contribution in [0.4, 0.5) is 27.8 Å². The lowest BCUT2D eigenvalue weighted by molar-refractivity contribution is -0.146. The van der Waals surface area contributed by atoms with E-state index in [1.807, 2.05) is 6.92 Å². The first-order valence-corrected chi connectivity index (χ1v) is 7.80. The summed E-state index contributed by atoms with van der Waals surface area (Å²) in [5.74, 6) is -2.61. The Balaban J connectivity index is 1.96. The van der Waals surface area contributed by atoms with Crippen LogP contribution < -0.4 is 5.32 Å². The van der Waals surface area contributed by atoms with Gasteiger partial charge in [-0.3, -0.25) is 0 Å². The maximum atomic E-state index is 14.1. The zero-order valence-electron chi connectivity index (χ0n) is 13.6. The second-order valence-electron chi connectivity index (χ2n) is 5.66. The summed E-state index contributed by atoms with van der Waals surface area (Å²) in [6.07, 6.45) is -3.58. The minimum Gasteiger partial charge on any atom is -0.362 e. The van der Waals surface area contributed by atoms with E-state index in [1.165, 1.54) is 18.2 Å². The Morgan fingerprint density at radius 3 is 2.54 bits per heavy atom. The zero-order chi connectivity index (χ0) is 18.9. The van der Waals surface area contributed by atoms with Crippen molar-refractivity contribution in [1.29, 1.82) is 0 Å². The zero-order valence-corrected chi connectivity index (χ0v) is 13.6. The van der Waals surface area contributed by atoms with Crippen molar-refractivity contribution < 1.29 is 22.0 Å². The third-order valence-electron chi connectivity index (χ3n) is 3.75. The molecule has 0 bridgehead atoms. The van der Waals surface area contributed by atoms with Crippen molar-refractivity contribution in [3.05, 3.63) is 53.4 Å². The monoisotopic (exact) mass is 371 g/mol. The first-order chi connectivity index (χ1) is 12.3. The van der Waals surface area contributed by atoms with Crippen LogP contribution in [0.25, 0.3) is 5.65 Å². The molecular weight excluding hydrogens is 357 g/mol. The maximum Gasteiger partial charge on any atom is 0.453 e. The van der Waals surface area contributed by atoms with Crippen LogP contribution in [0.2, 0.25) is 0 Å². The van der Waals surface area contributed by atoms with Crippen LogP contribution in [-0.4, -0.2) is 19.8 Å². The molecule has 2 heterocycles. The number of nitrogens with zero attached hydrogens (tertiary/aromatic N) is 4. The molecule has 0 aliphatic rings. The summed E-state index contributed by atoms with van der Waals surface area (Å²) in [5.41, 5.74) is 0.137. The molecule has 0 saturated heterocycles. The summed E-state index contributed by atoms with van der Waals surface area (Å²) < 4.78 is 66.6. The van der Waals surface area contributed by atoms with Crippen molar-refractivity contribution in [3.8, 4) is 0 Å². The molecule has 0 radical (unpaired) electrons. The van der Waals surface area contributed by atoms with Crippen molar-refractivity contribution >= 4 is 11.5 Å². The summed E-state index contributed by atoms with van der Waals surface area (Å²) in [6.45, 7) is 1.87. The Morgan fingerprint density at radius 1 is 1.12 bits per heavy atom. The number of anilines is 1. The van der Waals surface area contributed by atoms with Gasteiger partial charge in [-0.05, 0) is 24.6 Å². The standard InChI is InChI=1S/C16H14F5N5/c1-2-3-12(10-5-4-9(17)8-11(10)18)22-13-6-7-14-23-24-15(16(19,20)21)26(14)25-13/h4-8,12H,2-3H2,1H3,(H,22,25)/t12-/m1/s1. The fourth-order valence-corrected chi connectivity index (χ4v) is 2.60.